The zero-order chi connectivity index (χ0) is 14.6. The van der Waals surface area contributed by atoms with Crippen LogP contribution in [-0.4, -0.2) is 19.0 Å². The van der Waals surface area contributed by atoms with Gasteiger partial charge >= 0.3 is 0 Å². The van der Waals surface area contributed by atoms with Gasteiger partial charge in [0.05, 0.1) is 14.2 Å². The zero-order valence-corrected chi connectivity index (χ0v) is 14.3. The van der Waals surface area contributed by atoms with Crippen molar-refractivity contribution in [2.45, 2.75) is 50.3 Å². The Morgan fingerprint density at radius 3 is 2.35 bits per heavy atom. The molecule has 2 nitrogen and oxygen atoms in total. The second kappa shape index (κ2) is 6.84. The van der Waals surface area contributed by atoms with Gasteiger partial charge in [-0.2, -0.15) is 0 Å². The van der Waals surface area contributed by atoms with E-state index in [0.717, 1.165) is 17.9 Å². The van der Waals surface area contributed by atoms with E-state index < -0.39 is 0 Å². The molecule has 1 saturated carbocycles. The third kappa shape index (κ3) is 3.49. The fourth-order valence-electron chi connectivity index (χ4n) is 3.13. The number of alkyl halides is 1. The summed E-state index contributed by atoms with van der Waals surface area (Å²) in [6.45, 7) is 2.42. The highest BCUT2D eigenvalue weighted by molar-refractivity contribution is 9.09. The van der Waals surface area contributed by atoms with Gasteiger partial charge < -0.3 is 9.47 Å². The summed E-state index contributed by atoms with van der Waals surface area (Å²) in [7, 11) is 3.36. The molecule has 0 saturated heterocycles. The van der Waals surface area contributed by atoms with Crippen molar-refractivity contribution in [3.05, 3.63) is 23.8 Å². The molecule has 1 fully saturated rings. The molecule has 0 aliphatic heterocycles. The van der Waals surface area contributed by atoms with Gasteiger partial charge in [-0.25, -0.2) is 0 Å². The molecule has 2 rings (SSSR count). The minimum absolute atomic E-state index is 0.422. The number of benzene rings is 1. The molecular weight excluding hydrogens is 316 g/mol. The van der Waals surface area contributed by atoms with Crippen LogP contribution in [-0.2, 0) is 6.42 Å². The Kier molecular flexibility index (Phi) is 5.36. The topological polar surface area (TPSA) is 18.5 Å². The highest BCUT2D eigenvalue weighted by Gasteiger charge is 2.33. The van der Waals surface area contributed by atoms with Crippen molar-refractivity contribution in [2.24, 2.45) is 5.41 Å². The Hall–Kier alpha value is -0.700. The van der Waals surface area contributed by atoms with Crippen LogP contribution in [0.2, 0.25) is 0 Å². The lowest BCUT2D eigenvalue weighted by Gasteiger charge is -2.38. The van der Waals surface area contributed by atoms with Crippen molar-refractivity contribution in [3.8, 4) is 11.5 Å². The number of halogens is 1. The summed E-state index contributed by atoms with van der Waals surface area (Å²) >= 11 is 3.94. The largest absolute Gasteiger partial charge is 0.493 e. The monoisotopic (exact) mass is 340 g/mol. The summed E-state index contributed by atoms with van der Waals surface area (Å²) in [6, 6.07) is 6.23. The molecule has 1 aliphatic rings. The Bertz CT molecular complexity index is 439. The summed E-state index contributed by atoms with van der Waals surface area (Å²) < 4.78 is 10.7. The molecule has 0 bridgehead atoms. The van der Waals surface area contributed by atoms with Crippen molar-refractivity contribution in [2.75, 3.05) is 14.2 Å². The number of ether oxygens (including phenoxy) is 2. The van der Waals surface area contributed by atoms with E-state index in [1.54, 1.807) is 14.2 Å². The van der Waals surface area contributed by atoms with Crippen molar-refractivity contribution in [1.29, 1.82) is 0 Å². The van der Waals surface area contributed by atoms with Crippen LogP contribution in [0.5, 0.6) is 11.5 Å². The average Bonchev–Trinajstić information content (AvgIpc) is 2.47. The van der Waals surface area contributed by atoms with Gasteiger partial charge in [0.1, 0.15) is 0 Å². The maximum atomic E-state index is 5.39. The minimum atomic E-state index is 0.422. The van der Waals surface area contributed by atoms with E-state index in [0.29, 0.717) is 10.2 Å². The second-order valence-electron chi connectivity index (χ2n) is 6.08. The van der Waals surface area contributed by atoms with E-state index >= 15 is 0 Å². The number of rotatable bonds is 5. The summed E-state index contributed by atoms with van der Waals surface area (Å²) in [5.41, 5.74) is 1.72. The zero-order valence-electron chi connectivity index (χ0n) is 12.7. The third-order valence-corrected chi connectivity index (χ3v) is 6.04. The minimum Gasteiger partial charge on any atom is -0.493 e. The van der Waals surface area contributed by atoms with Crippen LogP contribution in [0.4, 0.5) is 0 Å². The summed E-state index contributed by atoms with van der Waals surface area (Å²) in [4.78, 5) is 0.522. The SMILES string of the molecule is COc1ccc(CC(Br)C2(C)CCCCC2)cc1OC. The third-order valence-electron chi connectivity index (χ3n) is 4.61. The molecule has 0 aromatic heterocycles. The van der Waals surface area contributed by atoms with Crippen LogP contribution in [0.15, 0.2) is 18.2 Å². The van der Waals surface area contributed by atoms with Gasteiger partial charge in [-0.05, 0) is 42.4 Å². The number of hydrogen-bond donors (Lipinski definition) is 0. The Labute approximate surface area is 131 Å². The summed E-state index contributed by atoms with van der Waals surface area (Å²) in [6.07, 6.45) is 7.82. The van der Waals surface area contributed by atoms with E-state index in [2.05, 4.69) is 35.0 Å². The predicted molar refractivity (Wildman–Crippen MR) is 87.2 cm³/mol. The molecule has 1 aromatic carbocycles. The Morgan fingerprint density at radius 1 is 1.10 bits per heavy atom. The van der Waals surface area contributed by atoms with Crippen LogP contribution in [0.3, 0.4) is 0 Å². The van der Waals surface area contributed by atoms with Crippen LogP contribution < -0.4 is 9.47 Å². The fraction of sp³-hybridized carbons (Fsp3) is 0.647. The van der Waals surface area contributed by atoms with Crippen molar-refractivity contribution in [3.63, 3.8) is 0 Å². The van der Waals surface area contributed by atoms with Gasteiger partial charge in [0.2, 0.25) is 0 Å². The second-order valence-corrected chi connectivity index (χ2v) is 7.18. The van der Waals surface area contributed by atoms with E-state index in [9.17, 15) is 0 Å². The molecular formula is C17H25BrO2. The van der Waals surface area contributed by atoms with Crippen LogP contribution in [0, 0.1) is 5.41 Å². The predicted octanol–water partition coefficient (Wildman–Crippen LogP) is 4.98. The molecule has 0 N–H and O–H groups in total. The maximum absolute atomic E-state index is 5.39. The highest BCUT2D eigenvalue weighted by atomic mass is 79.9. The Balaban J connectivity index is 2.09. The van der Waals surface area contributed by atoms with Crippen molar-refractivity contribution in [1.82, 2.24) is 0 Å². The first kappa shape index (κ1) is 15.7. The van der Waals surface area contributed by atoms with Gasteiger partial charge in [0.15, 0.2) is 11.5 Å². The standard InChI is InChI=1S/C17H25BrO2/c1-17(9-5-4-6-10-17)16(18)12-13-7-8-14(19-2)15(11-13)20-3/h7-8,11,16H,4-6,9-10,12H2,1-3H3. The molecule has 20 heavy (non-hydrogen) atoms. The molecule has 1 unspecified atom stereocenters. The normalized spacial score (nSPS) is 19.4. The number of methoxy groups -OCH3 is 2. The quantitative estimate of drug-likeness (QED) is 0.703. The lowest BCUT2D eigenvalue weighted by Crippen LogP contribution is -2.31. The van der Waals surface area contributed by atoms with Crippen molar-refractivity contribution >= 4 is 15.9 Å². The summed E-state index contributed by atoms with van der Waals surface area (Å²) in [5.74, 6) is 1.62. The average molecular weight is 341 g/mol. The molecule has 0 spiro atoms. The molecule has 0 amide bonds. The van der Waals surface area contributed by atoms with Gasteiger partial charge in [-0.1, -0.05) is 48.2 Å². The van der Waals surface area contributed by atoms with Gasteiger partial charge in [-0.3, -0.25) is 0 Å². The molecule has 1 aliphatic carbocycles. The lowest BCUT2D eigenvalue weighted by atomic mass is 9.72. The molecule has 3 heteroatoms. The van der Waals surface area contributed by atoms with Crippen LogP contribution in [0.1, 0.15) is 44.6 Å². The fourth-order valence-corrected chi connectivity index (χ4v) is 3.97. The first-order valence-corrected chi connectivity index (χ1v) is 8.35. The maximum Gasteiger partial charge on any atom is 0.160 e. The van der Waals surface area contributed by atoms with E-state index in [1.165, 1.54) is 37.7 Å². The van der Waals surface area contributed by atoms with Gasteiger partial charge in [-0.15, -0.1) is 0 Å². The van der Waals surface area contributed by atoms with Crippen LogP contribution >= 0.6 is 15.9 Å². The van der Waals surface area contributed by atoms with E-state index in [-0.39, 0.29) is 0 Å². The molecule has 1 atom stereocenters. The Morgan fingerprint density at radius 2 is 1.75 bits per heavy atom. The van der Waals surface area contributed by atoms with E-state index in [1.807, 2.05) is 6.07 Å². The molecule has 0 radical (unpaired) electrons. The lowest BCUT2D eigenvalue weighted by molar-refractivity contribution is 0.211. The van der Waals surface area contributed by atoms with Gasteiger partial charge in [0.25, 0.3) is 0 Å². The number of hydrogen-bond acceptors (Lipinski definition) is 2. The molecule has 1 aromatic rings. The first-order chi connectivity index (χ1) is 9.59. The van der Waals surface area contributed by atoms with Crippen molar-refractivity contribution < 1.29 is 9.47 Å². The van der Waals surface area contributed by atoms with E-state index in [4.69, 9.17) is 9.47 Å². The molecule has 0 heterocycles. The highest BCUT2D eigenvalue weighted by Crippen LogP contribution is 2.43. The first-order valence-electron chi connectivity index (χ1n) is 7.44. The summed E-state index contributed by atoms with van der Waals surface area (Å²) in [5, 5.41) is 0. The molecule has 112 valence electrons. The van der Waals surface area contributed by atoms with Crippen LogP contribution in [0.25, 0.3) is 0 Å². The smallest absolute Gasteiger partial charge is 0.160 e. The van der Waals surface area contributed by atoms with Gasteiger partial charge in [0, 0.05) is 4.83 Å².